The van der Waals surface area contributed by atoms with Crippen molar-refractivity contribution in [1.82, 2.24) is 10.3 Å². The van der Waals surface area contributed by atoms with Crippen LogP contribution in [0.1, 0.15) is 5.56 Å². The Hall–Kier alpha value is -3.27. The lowest BCUT2D eigenvalue weighted by molar-refractivity contribution is -0.123. The highest BCUT2D eigenvalue weighted by atomic mass is 16.5. The number of amides is 1. The van der Waals surface area contributed by atoms with E-state index in [1.54, 1.807) is 0 Å². The fourth-order valence-electron chi connectivity index (χ4n) is 3.11. The number of aromatic amines is 1. The number of fused-ring (bicyclic) bond motifs is 3. The normalized spacial score (nSPS) is 10.9. The Morgan fingerprint density at radius 2 is 1.65 bits per heavy atom. The summed E-state index contributed by atoms with van der Waals surface area (Å²) < 4.78 is 5.64. The molecule has 0 aliphatic carbocycles. The maximum atomic E-state index is 12.0. The van der Waals surface area contributed by atoms with Crippen molar-refractivity contribution in [2.24, 2.45) is 0 Å². The second-order valence-electron chi connectivity index (χ2n) is 6.25. The fraction of sp³-hybridized carbons (Fsp3) is 0.136. The van der Waals surface area contributed by atoms with Crippen LogP contribution >= 0.6 is 0 Å². The Kier molecular flexibility index (Phi) is 4.56. The van der Waals surface area contributed by atoms with Crippen LogP contribution in [0.2, 0.25) is 0 Å². The number of ether oxygens (including phenoxy) is 1. The quantitative estimate of drug-likeness (QED) is 0.554. The van der Waals surface area contributed by atoms with Gasteiger partial charge in [0, 0.05) is 28.9 Å². The van der Waals surface area contributed by atoms with Gasteiger partial charge in [-0.2, -0.15) is 0 Å². The zero-order chi connectivity index (χ0) is 17.8. The molecule has 0 saturated carbocycles. The largest absolute Gasteiger partial charge is 0.484 e. The molecule has 0 radical (unpaired) electrons. The average molecular weight is 344 g/mol. The van der Waals surface area contributed by atoms with Crippen molar-refractivity contribution < 1.29 is 9.53 Å². The molecule has 26 heavy (non-hydrogen) atoms. The Labute approximate surface area is 151 Å². The van der Waals surface area contributed by atoms with Crippen LogP contribution in [0, 0.1) is 0 Å². The fourth-order valence-corrected chi connectivity index (χ4v) is 3.11. The summed E-state index contributed by atoms with van der Waals surface area (Å²) in [7, 11) is 0. The van der Waals surface area contributed by atoms with Gasteiger partial charge < -0.3 is 15.0 Å². The molecule has 4 rings (SSSR count). The SMILES string of the molecule is O=C(COc1ccc2c(c1)[nH]c1ccccc12)NCCc1ccccc1. The molecule has 0 atom stereocenters. The summed E-state index contributed by atoms with van der Waals surface area (Å²) in [5, 5.41) is 5.23. The van der Waals surface area contributed by atoms with Crippen LogP contribution in [-0.4, -0.2) is 24.0 Å². The Balaban J connectivity index is 1.34. The van der Waals surface area contributed by atoms with Gasteiger partial charge in [-0.3, -0.25) is 4.79 Å². The predicted molar refractivity (Wildman–Crippen MR) is 104 cm³/mol. The summed E-state index contributed by atoms with van der Waals surface area (Å²) in [4.78, 5) is 15.3. The van der Waals surface area contributed by atoms with E-state index in [-0.39, 0.29) is 12.5 Å². The molecule has 130 valence electrons. The highest BCUT2D eigenvalue weighted by Gasteiger charge is 2.07. The third-order valence-electron chi connectivity index (χ3n) is 4.43. The molecule has 4 aromatic rings. The van der Waals surface area contributed by atoms with Crippen LogP contribution < -0.4 is 10.1 Å². The lowest BCUT2D eigenvalue weighted by atomic mass is 10.1. The van der Waals surface area contributed by atoms with E-state index in [1.807, 2.05) is 48.5 Å². The molecule has 1 aromatic heterocycles. The molecule has 1 amide bonds. The molecule has 0 fully saturated rings. The van der Waals surface area contributed by atoms with Gasteiger partial charge >= 0.3 is 0 Å². The first-order chi connectivity index (χ1) is 12.8. The molecule has 0 bridgehead atoms. The number of benzene rings is 3. The minimum absolute atomic E-state index is 0.0144. The molecule has 3 aromatic carbocycles. The van der Waals surface area contributed by atoms with Crippen molar-refractivity contribution in [3.05, 3.63) is 78.4 Å². The molecule has 1 heterocycles. The van der Waals surface area contributed by atoms with Gasteiger partial charge in [0.25, 0.3) is 5.91 Å². The zero-order valence-electron chi connectivity index (χ0n) is 14.4. The number of H-pyrrole nitrogens is 1. The predicted octanol–water partition coefficient (Wildman–Crippen LogP) is 4.06. The van der Waals surface area contributed by atoms with Gasteiger partial charge in [-0.05, 0) is 30.2 Å². The Bertz CT molecular complexity index is 1040. The van der Waals surface area contributed by atoms with Crippen molar-refractivity contribution in [2.45, 2.75) is 6.42 Å². The Morgan fingerprint density at radius 1 is 0.885 bits per heavy atom. The molecule has 4 nitrogen and oxygen atoms in total. The molecule has 0 spiro atoms. The van der Waals surface area contributed by atoms with Gasteiger partial charge in [0.15, 0.2) is 6.61 Å². The molecule has 0 saturated heterocycles. The summed E-state index contributed by atoms with van der Waals surface area (Å²) >= 11 is 0. The molecular formula is C22H20N2O2. The number of nitrogens with one attached hydrogen (secondary N) is 2. The first kappa shape index (κ1) is 16.2. The number of rotatable bonds is 6. The minimum atomic E-state index is -0.113. The zero-order valence-corrected chi connectivity index (χ0v) is 14.4. The second kappa shape index (κ2) is 7.31. The van der Waals surface area contributed by atoms with Crippen LogP contribution in [0.15, 0.2) is 72.8 Å². The van der Waals surface area contributed by atoms with E-state index in [4.69, 9.17) is 4.74 Å². The van der Waals surface area contributed by atoms with Gasteiger partial charge in [0.05, 0.1) is 5.52 Å². The summed E-state index contributed by atoms with van der Waals surface area (Å²) in [6, 6.07) is 24.1. The average Bonchev–Trinajstić information content (AvgIpc) is 3.05. The summed E-state index contributed by atoms with van der Waals surface area (Å²) in [6.07, 6.45) is 0.813. The maximum Gasteiger partial charge on any atom is 0.257 e. The number of hydrogen-bond donors (Lipinski definition) is 2. The molecule has 2 N–H and O–H groups in total. The molecule has 0 aliphatic heterocycles. The highest BCUT2D eigenvalue weighted by molar-refractivity contribution is 6.07. The van der Waals surface area contributed by atoms with Gasteiger partial charge in [0.1, 0.15) is 5.75 Å². The van der Waals surface area contributed by atoms with E-state index in [9.17, 15) is 4.79 Å². The van der Waals surface area contributed by atoms with Crippen LogP contribution in [0.3, 0.4) is 0 Å². The van der Waals surface area contributed by atoms with E-state index in [2.05, 4.69) is 34.6 Å². The molecule has 0 aliphatic rings. The number of carbonyl (C=O) groups is 1. The first-order valence-corrected chi connectivity index (χ1v) is 8.73. The number of para-hydroxylation sites is 1. The van der Waals surface area contributed by atoms with Crippen LogP contribution in [0.25, 0.3) is 21.8 Å². The van der Waals surface area contributed by atoms with Crippen molar-refractivity contribution >= 4 is 27.7 Å². The van der Waals surface area contributed by atoms with E-state index in [0.29, 0.717) is 12.3 Å². The van der Waals surface area contributed by atoms with E-state index in [1.165, 1.54) is 10.9 Å². The molecule has 4 heteroatoms. The number of aromatic nitrogens is 1. The Morgan fingerprint density at radius 3 is 2.54 bits per heavy atom. The van der Waals surface area contributed by atoms with Crippen molar-refractivity contribution in [3.63, 3.8) is 0 Å². The van der Waals surface area contributed by atoms with Crippen LogP contribution in [-0.2, 0) is 11.2 Å². The first-order valence-electron chi connectivity index (χ1n) is 8.73. The monoisotopic (exact) mass is 344 g/mol. The molecule has 0 unspecified atom stereocenters. The summed E-state index contributed by atoms with van der Waals surface area (Å²) in [6.45, 7) is 0.619. The maximum absolute atomic E-state index is 12.0. The third kappa shape index (κ3) is 3.54. The van der Waals surface area contributed by atoms with Crippen molar-refractivity contribution in [1.29, 1.82) is 0 Å². The lowest BCUT2D eigenvalue weighted by Crippen LogP contribution is -2.30. The minimum Gasteiger partial charge on any atom is -0.484 e. The van der Waals surface area contributed by atoms with Crippen molar-refractivity contribution in [3.8, 4) is 5.75 Å². The van der Waals surface area contributed by atoms with Gasteiger partial charge in [0.2, 0.25) is 0 Å². The standard InChI is InChI=1S/C22H20N2O2/c25-22(23-13-12-16-6-2-1-3-7-16)15-26-17-10-11-19-18-8-4-5-9-20(18)24-21(19)14-17/h1-11,14,24H,12-13,15H2,(H,23,25). The van der Waals surface area contributed by atoms with E-state index >= 15 is 0 Å². The highest BCUT2D eigenvalue weighted by Crippen LogP contribution is 2.28. The lowest BCUT2D eigenvalue weighted by Gasteiger charge is -2.08. The summed E-state index contributed by atoms with van der Waals surface area (Å²) in [5.41, 5.74) is 3.31. The number of carbonyl (C=O) groups excluding carboxylic acids is 1. The van der Waals surface area contributed by atoms with Crippen LogP contribution in [0.5, 0.6) is 5.75 Å². The second-order valence-corrected chi connectivity index (χ2v) is 6.25. The van der Waals surface area contributed by atoms with Crippen molar-refractivity contribution in [2.75, 3.05) is 13.2 Å². The van der Waals surface area contributed by atoms with Gasteiger partial charge in [-0.1, -0.05) is 48.5 Å². The number of hydrogen-bond acceptors (Lipinski definition) is 2. The molecular weight excluding hydrogens is 324 g/mol. The van der Waals surface area contributed by atoms with Crippen LogP contribution in [0.4, 0.5) is 0 Å². The topological polar surface area (TPSA) is 54.1 Å². The van der Waals surface area contributed by atoms with Gasteiger partial charge in [-0.25, -0.2) is 0 Å². The summed E-state index contributed by atoms with van der Waals surface area (Å²) in [5.74, 6) is 0.569. The third-order valence-corrected chi connectivity index (χ3v) is 4.43. The van der Waals surface area contributed by atoms with Gasteiger partial charge in [-0.15, -0.1) is 0 Å². The smallest absolute Gasteiger partial charge is 0.257 e. The van der Waals surface area contributed by atoms with E-state index < -0.39 is 0 Å². The van der Waals surface area contributed by atoms with E-state index in [0.717, 1.165) is 22.8 Å².